The van der Waals surface area contributed by atoms with Crippen LogP contribution in [0, 0.1) is 17.2 Å². The molecule has 0 fully saturated rings. The van der Waals surface area contributed by atoms with Crippen molar-refractivity contribution in [3.05, 3.63) is 40.7 Å². The second kappa shape index (κ2) is 7.09. The topological polar surface area (TPSA) is 63.7 Å². The van der Waals surface area contributed by atoms with E-state index < -0.39 is 0 Å². The quantitative estimate of drug-likeness (QED) is 0.822. The molecular weight excluding hydrogens is 288 g/mol. The lowest BCUT2D eigenvalue weighted by Crippen LogP contribution is -2.14. The first-order chi connectivity index (χ1) is 10.1. The fourth-order valence-electron chi connectivity index (χ4n) is 1.97. The van der Waals surface area contributed by atoms with Crippen LogP contribution in [-0.2, 0) is 13.0 Å². The number of halogens is 1. The summed E-state index contributed by atoms with van der Waals surface area (Å²) in [5.74, 6) is 1.19. The van der Waals surface area contributed by atoms with Crippen LogP contribution in [0.1, 0.15) is 25.2 Å². The van der Waals surface area contributed by atoms with Crippen LogP contribution in [0.25, 0.3) is 0 Å². The van der Waals surface area contributed by atoms with Crippen molar-refractivity contribution in [1.29, 1.82) is 5.26 Å². The molecule has 110 valence electrons. The monoisotopic (exact) mass is 304 g/mol. The summed E-state index contributed by atoms with van der Waals surface area (Å²) in [6, 6.07) is 9.29. The van der Waals surface area contributed by atoms with Crippen LogP contribution >= 0.6 is 11.6 Å². The molecule has 1 heterocycles. The SMILES string of the molecule is CC(C)Cc1c(C#N)nnn1CCOc1ccc(Cl)cc1. The maximum atomic E-state index is 9.06. The van der Waals surface area contributed by atoms with Gasteiger partial charge in [-0.2, -0.15) is 5.26 Å². The van der Waals surface area contributed by atoms with Crippen LogP contribution in [0.15, 0.2) is 24.3 Å². The Morgan fingerprint density at radius 2 is 2.05 bits per heavy atom. The molecule has 0 N–H and O–H groups in total. The highest BCUT2D eigenvalue weighted by Gasteiger charge is 2.13. The predicted molar refractivity (Wildman–Crippen MR) is 80.2 cm³/mol. The van der Waals surface area contributed by atoms with Gasteiger partial charge in [-0.3, -0.25) is 0 Å². The zero-order valence-corrected chi connectivity index (χ0v) is 12.8. The van der Waals surface area contributed by atoms with E-state index in [1.807, 2.05) is 12.1 Å². The Morgan fingerprint density at radius 1 is 1.33 bits per heavy atom. The molecule has 0 saturated carbocycles. The van der Waals surface area contributed by atoms with E-state index in [1.54, 1.807) is 16.8 Å². The van der Waals surface area contributed by atoms with Crippen molar-refractivity contribution >= 4 is 11.6 Å². The third-order valence-corrected chi connectivity index (χ3v) is 3.18. The van der Waals surface area contributed by atoms with Gasteiger partial charge in [-0.25, -0.2) is 4.68 Å². The maximum Gasteiger partial charge on any atom is 0.185 e. The Bertz CT molecular complexity index is 628. The van der Waals surface area contributed by atoms with E-state index >= 15 is 0 Å². The number of benzene rings is 1. The van der Waals surface area contributed by atoms with Gasteiger partial charge in [0.15, 0.2) is 5.69 Å². The van der Waals surface area contributed by atoms with E-state index in [-0.39, 0.29) is 0 Å². The van der Waals surface area contributed by atoms with Crippen molar-refractivity contribution in [3.8, 4) is 11.8 Å². The first-order valence-electron chi connectivity index (χ1n) is 6.81. The predicted octanol–water partition coefficient (Wildman–Crippen LogP) is 3.08. The van der Waals surface area contributed by atoms with Crippen molar-refractivity contribution in [2.75, 3.05) is 6.61 Å². The van der Waals surface area contributed by atoms with Gasteiger partial charge >= 0.3 is 0 Å². The molecule has 0 unspecified atom stereocenters. The minimum Gasteiger partial charge on any atom is -0.492 e. The van der Waals surface area contributed by atoms with Gasteiger partial charge in [0.2, 0.25) is 0 Å². The number of nitrogens with zero attached hydrogens (tertiary/aromatic N) is 4. The lowest BCUT2D eigenvalue weighted by molar-refractivity contribution is 0.286. The summed E-state index contributed by atoms with van der Waals surface area (Å²) >= 11 is 5.82. The first kappa shape index (κ1) is 15.3. The van der Waals surface area contributed by atoms with Crippen molar-refractivity contribution in [3.63, 3.8) is 0 Å². The number of nitriles is 1. The lowest BCUT2D eigenvalue weighted by atomic mass is 10.1. The van der Waals surface area contributed by atoms with Gasteiger partial charge in [0.25, 0.3) is 0 Å². The average molecular weight is 305 g/mol. The van der Waals surface area contributed by atoms with Crippen molar-refractivity contribution in [2.45, 2.75) is 26.8 Å². The van der Waals surface area contributed by atoms with E-state index in [0.717, 1.165) is 17.9 Å². The molecule has 5 nitrogen and oxygen atoms in total. The summed E-state index contributed by atoms with van der Waals surface area (Å²) in [6.45, 7) is 5.21. The minimum atomic E-state index is 0.398. The molecule has 6 heteroatoms. The van der Waals surface area contributed by atoms with Crippen LogP contribution in [0.4, 0.5) is 0 Å². The molecule has 1 aromatic heterocycles. The minimum absolute atomic E-state index is 0.398. The Balaban J connectivity index is 1.98. The smallest absolute Gasteiger partial charge is 0.185 e. The highest BCUT2D eigenvalue weighted by Crippen LogP contribution is 2.16. The molecule has 0 saturated heterocycles. The molecular formula is C15H17ClN4O. The van der Waals surface area contributed by atoms with Gasteiger partial charge in [-0.15, -0.1) is 5.10 Å². The molecule has 0 aliphatic rings. The van der Waals surface area contributed by atoms with Gasteiger partial charge in [-0.1, -0.05) is 30.7 Å². The summed E-state index contributed by atoms with van der Waals surface area (Å²) in [5, 5.41) is 17.7. The normalized spacial score (nSPS) is 10.6. The number of aromatic nitrogens is 3. The highest BCUT2D eigenvalue weighted by atomic mass is 35.5. The zero-order valence-electron chi connectivity index (χ0n) is 12.1. The van der Waals surface area contributed by atoms with Gasteiger partial charge in [0.05, 0.1) is 12.2 Å². The third kappa shape index (κ3) is 4.20. The molecule has 0 bridgehead atoms. The molecule has 0 aliphatic carbocycles. The summed E-state index contributed by atoms with van der Waals surface area (Å²) in [5.41, 5.74) is 1.27. The van der Waals surface area contributed by atoms with Crippen molar-refractivity contribution in [1.82, 2.24) is 15.0 Å². The molecule has 21 heavy (non-hydrogen) atoms. The van der Waals surface area contributed by atoms with Gasteiger partial charge in [0.1, 0.15) is 18.4 Å². The Labute approximate surface area is 129 Å². The summed E-state index contributed by atoms with van der Waals surface area (Å²) < 4.78 is 7.38. The van der Waals surface area contributed by atoms with Gasteiger partial charge in [-0.05, 0) is 36.6 Å². The second-order valence-electron chi connectivity index (χ2n) is 5.12. The molecule has 0 atom stereocenters. The first-order valence-corrected chi connectivity index (χ1v) is 7.18. The molecule has 2 aromatic rings. The van der Waals surface area contributed by atoms with Crippen molar-refractivity contribution < 1.29 is 4.74 Å². The highest BCUT2D eigenvalue weighted by molar-refractivity contribution is 6.30. The van der Waals surface area contributed by atoms with Crippen LogP contribution in [-0.4, -0.2) is 21.6 Å². The van der Waals surface area contributed by atoms with E-state index in [1.165, 1.54) is 0 Å². The molecule has 0 spiro atoms. The largest absolute Gasteiger partial charge is 0.492 e. The van der Waals surface area contributed by atoms with Crippen LogP contribution < -0.4 is 4.74 Å². The Kier molecular flexibility index (Phi) is 5.18. The van der Waals surface area contributed by atoms with E-state index in [2.05, 4.69) is 30.2 Å². The molecule has 2 rings (SSSR count). The standard InChI is InChI=1S/C15H17ClN4O/c1-11(2)9-15-14(10-17)18-19-20(15)7-8-21-13-5-3-12(16)4-6-13/h3-6,11H,7-9H2,1-2H3. The molecule has 1 aromatic carbocycles. The fraction of sp³-hybridized carbons (Fsp3) is 0.400. The summed E-state index contributed by atoms with van der Waals surface area (Å²) in [7, 11) is 0. The Morgan fingerprint density at radius 3 is 2.67 bits per heavy atom. The molecule has 0 amide bonds. The Hall–Kier alpha value is -2.06. The fourth-order valence-corrected chi connectivity index (χ4v) is 2.09. The average Bonchev–Trinajstić information content (AvgIpc) is 2.83. The van der Waals surface area contributed by atoms with Crippen LogP contribution in [0.2, 0.25) is 5.02 Å². The van der Waals surface area contributed by atoms with E-state index in [0.29, 0.717) is 29.8 Å². The number of hydrogen-bond donors (Lipinski definition) is 0. The third-order valence-electron chi connectivity index (χ3n) is 2.93. The van der Waals surface area contributed by atoms with E-state index in [9.17, 15) is 0 Å². The number of rotatable bonds is 6. The van der Waals surface area contributed by atoms with Crippen LogP contribution in [0.5, 0.6) is 5.75 Å². The van der Waals surface area contributed by atoms with Crippen LogP contribution in [0.3, 0.4) is 0 Å². The maximum absolute atomic E-state index is 9.06. The lowest BCUT2D eigenvalue weighted by Gasteiger charge is -2.10. The number of hydrogen-bond acceptors (Lipinski definition) is 4. The summed E-state index contributed by atoms with van der Waals surface area (Å²) in [6.07, 6.45) is 0.775. The van der Waals surface area contributed by atoms with Gasteiger partial charge in [0, 0.05) is 5.02 Å². The summed E-state index contributed by atoms with van der Waals surface area (Å²) in [4.78, 5) is 0. The molecule has 0 aliphatic heterocycles. The molecule has 0 radical (unpaired) electrons. The zero-order chi connectivity index (χ0) is 15.2. The van der Waals surface area contributed by atoms with Crippen molar-refractivity contribution in [2.24, 2.45) is 5.92 Å². The van der Waals surface area contributed by atoms with Gasteiger partial charge < -0.3 is 4.74 Å². The number of ether oxygens (including phenoxy) is 1. The second-order valence-corrected chi connectivity index (χ2v) is 5.56. The van der Waals surface area contributed by atoms with E-state index in [4.69, 9.17) is 21.6 Å².